The number of hydrogen-bond donors (Lipinski definition) is 1. The van der Waals surface area contributed by atoms with E-state index in [1.807, 2.05) is 0 Å². The number of amides is 3. The van der Waals surface area contributed by atoms with Gasteiger partial charge in [0.15, 0.2) is 5.78 Å². The van der Waals surface area contributed by atoms with E-state index < -0.39 is 11.5 Å². The molecule has 3 rings (SSSR count). The molecule has 1 aromatic carbocycles. The fourth-order valence-electron chi connectivity index (χ4n) is 3.52. The van der Waals surface area contributed by atoms with Crippen LogP contribution < -0.4 is 10.1 Å². The summed E-state index contributed by atoms with van der Waals surface area (Å²) in [5.74, 6) is -0.312. The van der Waals surface area contributed by atoms with Crippen molar-refractivity contribution < 1.29 is 23.9 Å². The van der Waals surface area contributed by atoms with Gasteiger partial charge in [-0.3, -0.25) is 19.3 Å². The number of benzene rings is 1. The topological polar surface area (TPSA) is 92.8 Å². The van der Waals surface area contributed by atoms with Crippen LogP contribution in [0.1, 0.15) is 55.8 Å². The first-order valence-electron chi connectivity index (χ1n) is 8.87. The van der Waals surface area contributed by atoms with E-state index in [9.17, 15) is 19.2 Å². The van der Waals surface area contributed by atoms with E-state index in [2.05, 4.69) is 5.32 Å². The quantitative estimate of drug-likeness (QED) is 0.365. The van der Waals surface area contributed by atoms with Crippen LogP contribution in [-0.2, 0) is 9.59 Å². The Kier molecular flexibility index (Phi) is 5.06. The first-order chi connectivity index (χ1) is 12.4. The second-order valence-electron chi connectivity index (χ2n) is 6.83. The summed E-state index contributed by atoms with van der Waals surface area (Å²) in [6, 6.07) is 5.95. The second kappa shape index (κ2) is 7.27. The molecule has 0 bridgehead atoms. The Balaban J connectivity index is 1.47. The molecule has 1 spiro atoms. The molecule has 0 unspecified atom stereocenters. The van der Waals surface area contributed by atoms with Crippen molar-refractivity contribution in [1.29, 1.82) is 0 Å². The second-order valence-corrected chi connectivity index (χ2v) is 6.83. The molecule has 0 radical (unpaired) electrons. The zero-order chi connectivity index (χ0) is 18.7. The Hall–Kier alpha value is -2.70. The van der Waals surface area contributed by atoms with Gasteiger partial charge in [-0.2, -0.15) is 0 Å². The van der Waals surface area contributed by atoms with Crippen LogP contribution in [0.25, 0.3) is 0 Å². The van der Waals surface area contributed by atoms with E-state index in [1.54, 1.807) is 24.3 Å². The maximum absolute atomic E-state index is 12.5. The molecule has 2 aliphatic rings. The predicted molar refractivity (Wildman–Crippen MR) is 92.8 cm³/mol. The maximum atomic E-state index is 12.5. The number of urea groups is 1. The van der Waals surface area contributed by atoms with Crippen LogP contribution in [0.2, 0.25) is 0 Å². The molecular formula is C19H22N2O5. The van der Waals surface area contributed by atoms with Crippen molar-refractivity contribution in [3.05, 3.63) is 29.8 Å². The van der Waals surface area contributed by atoms with Gasteiger partial charge in [0.25, 0.3) is 5.91 Å². The highest BCUT2D eigenvalue weighted by Gasteiger charge is 2.52. The monoisotopic (exact) mass is 358 g/mol. The number of rotatable bonds is 6. The third kappa shape index (κ3) is 3.61. The highest BCUT2D eigenvalue weighted by Crippen LogP contribution is 2.35. The molecule has 7 nitrogen and oxygen atoms in total. The molecule has 1 heterocycles. The van der Waals surface area contributed by atoms with E-state index in [-0.39, 0.29) is 30.7 Å². The number of nitrogens with one attached hydrogen (secondary N) is 1. The number of ketones is 1. The van der Waals surface area contributed by atoms with Gasteiger partial charge in [0.2, 0.25) is 0 Å². The minimum absolute atomic E-state index is 0.0588. The molecule has 1 N–H and O–H groups in total. The number of carbonyl (C=O) groups is 4. The first kappa shape index (κ1) is 18.1. The number of ether oxygens (including phenoxy) is 1. The highest BCUT2D eigenvalue weighted by molar-refractivity contribution is 6.07. The van der Waals surface area contributed by atoms with Crippen molar-refractivity contribution in [2.75, 3.05) is 6.54 Å². The van der Waals surface area contributed by atoms with Gasteiger partial charge in [-0.15, -0.1) is 0 Å². The zero-order valence-electron chi connectivity index (χ0n) is 14.7. The van der Waals surface area contributed by atoms with Gasteiger partial charge in [-0.1, -0.05) is 12.8 Å². The number of carbonyl (C=O) groups excluding carboxylic acids is 4. The SMILES string of the molecule is CC(=O)c1ccc(OC(=O)CCCN2C(=O)NC3(CCCC3)C2=O)cc1. The lowest BCUT2D eigenvalue weighted by molar-refractivity contribution is -0.135. The minimum Gasteiger partial charge on any atom is -0.427 e. The molecule has 2 fully saturated rings. The summed E-state index contributed by atoms with van der Waals surface area (Å²) in [4.78, 5) is 48.9. The van der Waals surface area contributed by atoms with E-state index in [4.69, 9.17) is 4.74 Å². The fraction of sp³-hybridized carbons (Fsp3) is 0.474. The van der Waals surface area contributed by atoms with Crippen molar-refractivity contribution in [1.82, 2.24) is 10.2 Å². The first-order valence-corrected chi connectivity index (χ1v) is 8.87. The number of Topliss-reactive ketones (excluding diaryl/α,β-unsaturated/α-hetero) is 1. The van der Waals surface area contributed by atoms with Gasteiger partial charge in [0, 0.05) is 18.5 Å². The van der Waals surface area contributed by atoms with Crippen LogP contribution in [0.4, 0.5) is 4.79 Å². The van der Waals surface area contributed by atoms with Crippen molar-refractivity contribution in [2.24, 2.45) is 0 Å². The van der Waals surface area contributed by atoms with Gasteiger partial charge in [0.1, 0.15) is 11.3 Å². The molecule has 3 amide bonds. The van der Waals surface area contributed by atoms with Crippen molar-refractivity contribution in [3.8, 4) is 5.75 Å². The molecule has 138 valence electrons. The summed E-state index contributed by atoms with van der Waals surface area (Å²) < 4.78 is 5.21. The van der Waals surface area contributed by atoms with Crippen LogP contribution in [0.5, 0.6) is 5.75 Å². The Morgan fingerprint density at radius 1 is 1.15 bits per heavy atom. The Morgan fingerprint density at radius 3 is 2.42 bits per heavy atom. The van der Waals surface area contributed by atoms with E-state index >= 15 is 0 Å². The van der Waals surface area contributed by atoms with Gasteiger partial charge in [0.05, 0.1) is 0 Å². The lowest BCUT2D eigenvalue weighted by atomic mass is 9.98. The number of hydrogen-bond acceptors (Lipinski definition) is 5. The van der Waals surface area contributed by atoms with Crippen molar-refractivity contribution >= 4 is 23.7 Å². The van der Waals surface area contributed by atoms with E-state index in [1.165, 1.54) is 11.8 Å². The zero-order valence-corrected chi connectivity index (χ0v) is 14.7. The van der Waals surface area contributed by atoms with Gasteiger partial charge in [-0.05, 0) is 50.5 Å². The van der Waals surface area contributed by atoms with Crippen LogP contribution >= 0.6 is 0 Å². The molecule has 1 saturated heterocycles. The standard InChI is InChI=1S/C19H22N2O5/c1-13(22)14-6-8-15(9-7-14)26-16(23)5-4-12-21-17(24)19(20-18(21)25)10-2-3-11-19/h6-9H,2-5,10-12H2,1H3,(H,20,25). The van der Waals surface area contributed by atoms with E-state index in [0.717, 1.165) is 12.8 Å². The van der Waals surface area contributed by atoms with Crippen molar-refractivity contribution in [3.63, 3.8) is 0 Å². The average molecular weight is 358 g/mol. The fourth-order valence-corrected chi connectivity index (χ4v) is 3.52. The summed E-state index contributed by atoms with van der Waals surface area (Å²) in [5, 5.41) is 2.82. The van der Waals surface area contributed by atoms with Crippen LogP contribution in [0.3, 0.4) is 0 Å². The summed E-state index contributed by atoms with van der Waals surface area (Å²) in [5.41, 5.74) is -0.167. The average Bonchev–Trinajstić information content (AvgIpc) is 3.16. The Morgan fingerprint density at radius 2 is 1.81 bits per heavy atom. The maximum Gasteiger partial charge on any atom is 0.325 e. The van der Waals surface area contributed by atoms with Crippen LogP contribution in [0.15, 0.2) is 24.3 Å². The molecule has 1 saturated carbocycles. The molecule has 1 aliphatic carbocycles. The third-order valence-corrected chi connectivity index (χ3v) is 4.96. The molecule has 0 atom stereocenters. The molecule has 7 heteroatoms. The lowest BCUT2D eigenvalue weighted by Gasteiger charge is -2.19. The number of esters is 1. The van der Waals surface area contributed by atoms with Gasteiger partial charge >= 0.3 is 12.0 Å². The molecule has 1 aromatic rings. The van der Waals surface area contributed by atoms with Gasteiger partial charge < -0.3 is 10.1 Å². The van der Waals surface area contributed by atoms with Crippen molar-refractivity contribution in [2.45, 2.75) is 51.0 Å². The van der Waals surface area contributed by atoms with Gasteiger partial charge in [-0.25, -0.2) is 4.79 Å². The number of nitrogens with zero attached hydrogens (tertiary/aromatic N) is 1. The summed E-state index contributed by atoms with van der Waals surface area (Å²) >= 11 is 0. The minimum atomic E-state index is -0.712. The molecular weight excluding hydrogens is 336 g/mol. The number of imide groups is 1. The predicted octanol–water partition coefficient (Wildman–Crippen LogP) is 2.44. The summed E-state index contributed by atoms with van der Waals surface area (Å²) in [6.45, 7) is 1.66. The van der Waals surface area contributed by atoms with Crippen LogP contribution in [-0.4, -0.2) is 40.7 Å². The third-order valence-electron chi connectivity index (χ3n) is 4.96. The van der Waals surface area contributed by atoms with E-state index in [0.29, 0.717) is 30.6 Å². The Labute approximate surface area is 151 Å². The largest absolute Gasteiger partial charge is 0.427 e. The molecule has 0 aromatic heterocycles. The highest BCUT2D eigenvalue weighted by atomic mass is 16.5. The smallest absolute Gasteiger partial charge is 0.325 e. The summed E-state index contributed by atoms with van der Waals surface area (Å²) in [6.07, 6.45) is 3.69. The Bertz CT molecular complexity index is 735. The summed E-state index contributed by atoms with van der Waals surface area (Å²) in [7, 11) is 0. The normalized spacial score (nSPS) is 18.3. The van der Waals surface area contributed by atoms with Crippen LogP contribution in [0, 0.1) is 0 Å². The molecule has 1 aliphatic heterocycles. The molecule has 26 heavy (non-hydrogen) atoms. The lowest BCUT2D eigenvalue weighted by Crippen LogP contribution is -2.44.